The lowest BCUT2D eigenvalue weighted by molar-refractivity contribution is 0.389. The van der Waals surface area contributed by atoms with Gasteiger partial charge in [0.15, 0.2) is 0 Å². The molecule has 0 radical (unpaired) electrons. The van der Waals surface area contributed by atoms with Gasteiger partial charge in [-0.15, -0.1) is 22.6 Å². The second kappa shape index (κ2) is 3.87. The zero-order valence-corrected chi connectivity index (χ0v) is 7.63. The maximum atomic E-state index is 5.57. The van der Waals surface area contributed by atoms with Gasteiger partial charge in [0, 0.05) is 13.0 Å². The van der Waals surface area contributed by atoms with E-state index in [1.807, 2.05) is 0 Å². The largest absolute Gasteiger partial charge is 0.330 e. The minimum absolute atomic E-state index is 0. The van der Waals surface area contributed by atoms with Crippen molar-refractivity contribution in [2.75, 3.05) is 6.54 Å². The first-order valence-electron chi connectivity index (χ1n) is 3.97. The number of aromatic nitrogens is 3. The first-order valence-corrected chi connectivity index (χ1v) is 3.97. The smallest absolute Gasteiger partial charge is 0.133 e. The molecule has 1 atom stereocenters. The summed E-state index contributed by atoms with van der Waals surface area (Å²) in [7, 11) is 0. The molecular weight excluding hydrogens is 176 g/mol. The highest BCUT2D eigenvalue weighted by Crippen LogP contribution is 2.16. The van der Waals surface area contributed by atoms with Crippen LogP contribution in [0.5, 0.6) is 0 Å². The molecule has 2 rings (SSSR count). The molecule has 12 heavy (non-hydrogen) atoms. The van der Waals surface area contributed by atoms with Crippen molar-refractivity contribution >= 4 is 12.4 Å². The van der Waals surface area contributed by atoms with E-state index < -0.39 is 0 Å². The first kappa shape index (κ1) is 9.48. The summed E-state index contributed by atoms with van der Waals surface area (Å²) in [5.74, 6) is 1.71. The van der Waals surface area contributed by atoms with E-state index in [9.17, 15) is 0 Å². The van der Waals surface area contributed by atoms with Crippen LogP contribution in [0.25, 0.3) is 0 Å². The molecule has 0 amide bonds. The summed E-state index contributed by atoms with van der Waals surface area (Å²) in [4.78, 5) is 0. The Bertz CT molecular complexity index is 247. The van der Waals surface area contributed by atoms with E-state index in [-0.39, 0.29) is 12.4 Å². The number of nitrogens with two attached hydrogens (primary N) is 1. The van der Waals surface area contributed by atoms with Crippen molar-refractivity contribution in [3.05, 3.63) is 12.2 Å². The van der Waals surface area contributed by atoms with Gasteiger partial charge < -0.3 is 10.3 Å². The average molecular weight is 189 g/mol. The number of hydrogen-bond donors (Lipinski definition) is 1. The van der Waals surface area contributed by atoms with Crippen molar-refractivity contribution in [3.63, 3.8) is 0 Å². The molecule has 0 saturated carbocycles. The maximum Gasteiger partial charge on any atom is 0.133 e. The van der Waals surface area contributed by atoms with Gasteiger partial charge in [-0.05, 0) is 18.9 Å². The van der Waals surface area contributed by atoms with Crippen molar-refractivity contribution in [2.45, 2.75) is 19.4 Å². The molecule has 0 saturated heterocycles. The fraction of sp³-hybridized carbons (Fsp3) is 0.714. The summed E-state index contributed by atoms with van der Waals surface area (Å²) in [5, 5.41) is 7.86. The lowest BCUT2D eigenvalue weighted by Crippen LogP contribution is -2.25. The summed E-state index contributed by atoms with van der Waals surface area (Å²) >= 11 is 0. The van der Waals surface area contributed by atoms with Crippen molar-refractivity contribution in [3.8, 4) is 0 Å². The molecule has 0 spiro atoms. The van der Waals surface area contributed by atoms with E-state index in [2.05, 4.69) is 14.8 Å². The Morgan fingerprint density at radius 1 is 1.67 bits per heavy atom. The zero-order chi connectivity index (χ0) is 7.68. The Balaban J connectivity index is 0.000000720. The molecule has 0 bridgehead atoms. The van der Waals surface area contributed by atoms with Gasteiger partial charge in [-0.2, -0.15) is 0 Å². The molecule has 1 unspecified atom stereocenters. The Hall–Kier alpha value is -0.610. The molecule has 0 fully saturated rings. The Morgan fingerprint density at radius 3 is 3.25 bits per heavy atom. The predicted octanol–water partition coefficient (Wildman–Crippen LogP) is 0.221. The summed E-state index contributed by atoms with van der Waals surface area (Å²) in [6.07, 6.45) is 3.96. The van der Waals surface area contributed by atoms with Gasteiger partial charge in [0.2, 0.25) is 0 Å². The van der Waals surface area contributed by atoms with Crippen LogP contribution in [-0.4, -0.2) is 21.3 Å². The molecule has 1 aliphatic heterocycles. The summed E-state index contributed by atoms with van der Waals surface area (Å²) < 4.78 is 2.10. The molecule has 1 aromatic rings. The Morgan fingerprint density at radius 2 is 2.50 bits per heavy atom. The van der Waals surface area contributed by atoms with Gasteiger partial charge in [0.25, 0.3) is 0 Å². The maximum absolute atomic E-state index is 5.57. The monoisotopic (exact) mass is 188 g/mol. The van der Waals surface area contributed by atoms with Crippen LogP contribution in [0.1, 0.15) is 12.2 Å². The molecule has 1 aromatic heterocycles. The summed E-state index contributed by atoms with van der Waals surface area (Å²) in [6, 6.07) is 0. The number of halogens is 1. The van der Waals surface area contributed by atoms with Crippen LogP contribution < -0.4 is 5.73 Å². The highest BCUT2D eigenvalue weighted by atomic mass is 35.5. The van der Waals surface area contributed by atoms with Gasteiger partial charge >= 0.3 is 0 Å². The molecule has 4 nitrogen and oxygen atoms in total. The van der Waals surface area contributed by atoms with Crippen LogP contribution >= 0.6 is 12.4 Å². The Kier molecular flexibility index (Phi) is 3.05. The number of rotatable bonds is 1. The van der Waals surface area contributed by atoms with Gasteiger partial charge in [0.1, 0.15) is 12.2 Å². The van der Waals surface area contributed by atoms with Gasteiger partial charge in [-0.1, -0.05) is 0 Å². The van der Waals surface area contributed by atoms with Crippen molar-refractivity contribution in [1.82, 2.24) is 14.8 Å². The quantitative estimate of drug-likeness (QED) is 0.686. The summed E-state index contributed by atoms with van der Waals surface area (Å²) in [5.41, 5.74) is 5.57. The van der Waals surface area contributed by atoms with Crippen LogP contribution in [0, 0.1) is 5.92 Å². The van der Waals surface area contributed by atoms with Crippen LogP contribution in [-0.2, 0) is 13.0 Å². The normalized spacial score (nSPS) is 21.2. The average Bonchev–Trinajstić information content (AvgIpc) is 2.50. The minimum Gasteiger partial charge on any atom is -0.330 e. The van der Waals surface area contributed by atoms with E-state index in [0.29, 0.717) is 5.92 Å². The third kappa shape index (κ3) is 1.59. The number of nitrogens with zero attached hydrogens (tertiary/aromatic N) is 3. The van der Waals surface area contributed by atoms with Crippen LogP contribution in [0.2, 0.25) is 0 Å². The SMILES string of the molecule is Cl.NCC1CCn2cnnc2C1. The fourth-order valence-electron chi connectivity index (χ4n) is 1.51. The molecular formula is C7H13ClN4. The molecule has 2 N–H and O–H groups in total. The van der Waals surface area contributed by atoms with E-state index in [1.54, 1.807) is 6.33 Å². The molecule has 2 heterocycles. The van der Waals surface area contributed by atoms with E-state index in [4.69, 9.17) is 5.73 Å². The topological polar surface area (TPSA) is 56.7 Å². The van der Waals surface area contributed by atoms with E-state index >= 15 is 0 Å². The molecule has 5 heteroatoms. The van der Waals surface area contributed by atoms with Gasteiger partial charge in [-0.3, -0.25) is 0 Å². The zero-order valence-electron chi connectivity index (χ0n) is 6.81. The number of hydrogen-bond acceptors (Lipinski definition) is 3. The second-order valence-electron chi connectivity index (χ2n) is 3.04. The van der Waals surface area contributed by atoms with Crippen LogP contribution in [0.4, 0.5) is 0 Å². The third-order valence-electron chi connectivity index (χ3n) is 2.28. The van der Waals surface area contributed by atoms with Crippen LogP contribution in [0.3, 0.4) is 0 Å². The second-order valence-corrected chi connectivity index (χ2v) is 3.04. The van der Waals surface area contributed by atoms with Gasteiger partial charge in [-0.25, -0.2) is 0 Å². The molecule has 1 aliphatic rings. The van der Waals surface area contributed by atoms with Crippen LogP contribution in [0.15, 0.2) is 6.33 Å². The van der Waals surface area contributed by atoms with E-state index in [1.165, 1.54) is 6.42 Å². The summed E-state index contributed by atoms with van der Waals surface area (Å²) in [6.45, 7) is 1.80. The van der Waals surface area contributed by atoms with Gasteiger partial charge in [0.05, 0.1) is 0 Å². The lowest BCUT2D eigenvalue weighted by Gasteiger charge is -2.20. The number of aryl methyl sites for hydroxylation is 1. The number of fused-ring (bicyclic) bond motifs is 1. The molecule has 0 aromatic carbocycles. The molecule has 68 valence electrons. The van der Waals surface area contributed by atoms with Crippen molar-refractivity contribution < 1.29 is 0 Å². The minimum atomic E-state index is 0. The standard InChI is InChI=1S/C7H12N4.ClH/c8-4-6-1-2-11-5-9-10-7(11)3-6;/h5-6H,1-4,8H2;1H. The fourth-order valence-corrected chi connectivity index (χ4v) is 1.51. The highest BCUT2D eigenvalue weighted by Gasteiger charge is 2.17. The third-order valence-corrected chi connectivity index (χ3v) is 2.28. The Labute approximate surface area is 77.6 Å². The lowest BCUT2D eigenvalue weighted by atomic mass is 9.98. The molecule has 0 aliphatic carbocycles. The highest BCUT2D eigenvalue weighted by molar-refractivity contribution is 5.85. The predicted molar refractivity (Wildman–Crippen MR) is 48.1 cm³/mol. The van der Waals surface area contributed by atoms with E-state index in [0.717, 1.165) is 25.3 Å². The van der Waals surface area contributed by atoms with Crippen molar-refractivity contribution in [1.29, 1.82) is 0 Å². The first-order chi connectivity index (χ1) is 5.40. The van der Waals surface area contributed by atoms with Crippen molar-refractivity contribution in [2.24, 2.45) is 11.7 Å².